The van der Waals surface area contributed by atoms with E-state index in [2.05, 4.69) is 59.9 Å². The van der Waals surface area contributed by atoms with Crippen LogP contribution in [0.3, 0.4) is 0 Å². The van der Waals surface area contributed by atoms with Crippen molar-refractivity contribution in [2.24, 2.45) is 4.99 Å². The normalized spacial score (nSPS) is 15.2. The molecule has 5 aromatic carbocycles. The lowest BCUT2D eigenvalue weighted by Gasteiger charge is -2.24. The Morgan fingerprint density at radius 2 is 1.47 bits per heavy atom. The summed E-state index contributed by atoms with van der Waals surface area (Å²) in [6, 6.07) is 29.0. The molecule has 2 atom stereocenters. The number of methoxy groups -OCH3 is 2. The number of rotatable bonds is 23. The molecule has 0 aromatic heterocycles. The highest BCUT2D eigenvalue weighted by atomic mass is 33.1. The van der Waals surface area contributed by atoms with E-state index in [1.807, 2.05) is 82.4 Å². The number of aldehydes is 1. The third-order valence-electron chi connectivity index (χ3n) is 13.4. The van der Waals surface area contributed by atoms with Gasteiger partial charge in [0.15, 0.2) is 29.3 Å². The summed E-state index contributed by atoms with van der Waals surface area (Å²) in [6.07, 6.45) is 7.11. The lowest BCUT2D eigenvalue weighted by molar-refractivity contribution is -0.122. The number of para-hydroxylation sites is 2. The van der Waals surface area contributed by atoms with Crippen molar-refractivity contribution in [1.29, 1.82) is 0 Å². The first-order chi connectivity index (χ1) is 35.8. The summed E-state index contributed by atoms with van der Waals surface area (Å²) in [5.74, 6) is 1.99. The van der Waals surface area contributed by atoms with Crippen molar-refractivity contribution in [2.45, 2.75) is 116 Å². The third-order valence-corrected chi connectivity index (χ3v) is 16.7. The maximum absolute atomic E-state index is 14.1. The van der Waals surface area contributed by atoms with Gasteiger partial charge in [0.05, 0.1) is 42.3 Å². The van der Waals surface area contributed by atoms with Gasteiger partial charge in [-0.2, -0.15) is 0 Å². The molecule has 3 aliphatic rings. The van der Waals surface area contributed by atoms with Crippen LogP contribution in [-0.2, 0) is 35.6 Å². The van der Waals surface area contributed by atoms with Crippen LogP contribution < -0.4 is 44.7 Å². The van der Waals surface area contributed by atoms with Gasteiger partial charge >= 0.3 is 0 Å². The van der Waals surface area contributed by atoms with Gasteiger partial charge < -0.3 is 39.8 Å². The molecule has 16 heteroatoms. The zero-order valence-corrected chi connectivity index (χ0v) is 45.7. The highest BCUT2D eigenvalue weighted by molar-refractivity contribution is 8.77. The van der Waals surface area contributed by atoms with Crippen LogP contribution in [0.25, 0.3) is 0 Å². The molecule has 0 fully saturated rings. The molecule has 0 spiro atoms. The standard InChI is InChI=1S/C56H64N6O8S2.C2H6/c1-8-40(9-2)59-53(64)19-14-20-71-72-56(3,4)55(66)60-41-22-35(33-69-51-28-45(39(32-63)26-49(51)67-6)57-30-42-24-37-15-10-12-17-47(37)61(42)5)21-36(23-41)34-70-52-29-46-44(27-50(52)68-7)54(65)62-43(31-58-46)25-38-16-11-13-18-48(38)62;1-2/h10-13,15-18,21-23,26-29,31-32,40,42-43,57H,8-9,14,19-20,24-25,30,33-34H2,1-7H3,(H,59,64)(H,60,66);1-2H3/t42?,43-;/m0./s1. The fraction of sp³-hybridized carbons (Fsp3) is 0.397. The summed E-state index contributed by atoms with van der Waals surface area (Å²) in [4.78, 5) is 61.8. The maximum atomic E-state index is 14.1. The second-order valence-corrected chi connectivity index (χ2v) is 21.8. The molecule has 392 valence electrons. The van der Waals surface area contributed by atoms with E-state index in [0.717, 1.165) is 47.9 Å². The van der Waals surface area contributed by atoms with Crippen LogP contribution >= 0.6 is 21.6 Å². The van der Waals surface area contributed by atoms with E-state index in [-0.39, 0.29) is 49.1 Å². The molecule has 3 amide bonds. The highest BCUT2D eigenvalue weighted by Crippen LogP contribution is 2.42. The van der Waals surface area contributed by atoms with E-state index in [0.29, 0.717) is 82.7 Å². The Hall–Kier alpha value is -6.65. The lowest BCUT2D eigenvalue weighted by Crippen LogP contribution is -2.37. The molecule has 0 aliphatic carbocycles. The van der Waals surface area contributed by atoms with Crippen molar-refractivity contribution in [3.63, 3.8) is 0 Å². The smallest absolute Gasteiger partial charge is 0.261 e. The topological polar surface area (TPSA) is 160 Å². The number of likely N-dealkylation sites (N-methyl/N-ethyl adjacent to an activating group) is 1. The van der Waals surface area contributed by atoms with Crippen molar-refractivity contribution in [1.82, 2.24) is 5.32 Å². The van der Waals surface area contributed by atoms with Gasteiger partial charge in [0.2, 0.25) is 11.8 Å². The Kier molecular flexibility index (Phi) is 19.0. The third kappa shape index (κ3) is 13.0. The summed E-state index contributed by atoms with van der Waals surface area (Å²) in [5.41, 5.74) is 8.38. The number of amides is 3. The van der Waals surface area contributed by atoms with Crippen LogP contribution in [0.2, 0.25) is 0 Å². The van der Waals surface area contributed by atoms with Gasteiger partial charge in [-0.05, 0) is 104 Å². The molecule has 3 N–H and O–H groups in total. The van der Waals surface area contributed by atoms with Crippen molar-refractivity contribution in [2.75, 3.05) is 54.0 Å². The van der Waals surface area contributed by atoms with Crippen LogP contribution in [0.4, 0.5) is 28.4 Å². The van der Waals surface area contributed by atoms with Gasteiger partial charge in [0.25, 0.3) is 5.91 Å². The van der Waals surface area contributed by atoms with E-state index < -0.39 is 4.75 Å². The second kappa shape index (κ2) is 25.5. The molecule has 74 heavy (non-hydrogen) atoms. The number of benzene rings is 5. The number of hydrogen-bond donors (Lipinski definition) is 3. The Morgan fingerprint density at radius 3 is 2.12 bits per heavy atom. The zero-order chi connectivity index (χ0) is 52.9. The average molecular weight is 1040 g/mol. The number of ether oxygens (including phenoxy) is 4. The molecule has 0 saturated heterocycles. The molecule has 8 rings (SSSR count). The van der Waals surface area contributed by atoms with Crippen molar-refractivity contribution in [3.8, 4) is 23.0 Å². The number of anilines is 4. The van der Waals surface area contributed by atoms with E-state index in [1.54, 1.807) is 40.0 Å². The molecule has 0 radical (unpaired) electrons. The van der Waals surface area contributed by atoms with E-state index in [9.17, 15) is 19.2 Å². The molecule has 3 aliphatic heterocycles. The van der Waals surface area contributed by atoms with Crippen LogP contribution in [0, 0.1) is 0 Å². The number of fused-ring (bicyclic) bond motifs is 5. The van der Waals surface area contributed by atoms with Crippen LogP contribution in [0.15, 0.2) is 96.0 Å². The lowest BCUT2D eigenvalue weighted by atomic mass is 10.1. The summed E-state index contributed by atoms with van der Waals surface area (Å²) < 4.78 is 23.7. The fourth-order valence-corrected chi connectivity index (χ4v) is 11.7. The minimum Gasteiger partial charge on any atom is -0.493 e. The summed E-state index contributed by atoms with van der Waals surface area (Å²) in [7, 11) is 8.18. The van der Waals surface area contributed by atoms with Gasteiger partial charge in [0.1, 0.15) is 13.2 Å². The summed E-state index contributed by atoms with van der Waals surface area (Å²) in [5, 5.41) is 9.73. The van der Waals surface area contributed by atoms with Gasteiger partial charge in [0, 0.05) is 84.9 Å². The Morgan fingerprint density at radius 1 is 0.838 bits per heavy atom. The predicted molar refractivity (Wildman–Crippen MR) is 302 cm³/mol. The number of aliphatic imine (C=N–C) groups is 1. The number of carbonyl (C=O) groups is 4. The quantitative estimate of drug-likeness (QED) is 0.0323. The fourth-order valence-electron chi connectivity index (χ4n) is 9.26. The number of nitrogens with zero attached hydrogens (tertiary/aromatic N) is 3. The molecule has 5 aromatic rings. The first kappa shape index (κ1) is 55.1. The van der Waals surface area contributed by atoms with Crippen LogP contribution in [-0.4, -0.2) is 86.7 Å². The minimum absolute atomic E-state index is 0.0541. The molecule has 3 heterocycles. The highest BCUT2D eigenvalue weighted by Gasteiger charge is 2.37. The minimum atomic E-state index is -0.830. The molecule has 14 nitrogen and oxygen atoms in total. The van der Waals surface area contributed by atoms with Crippen molar-refractivity contribution < 1.29 is 38.1 Å². The van der Waals surface area contributed by atoms with Gasteiger partial charge in [-0.25, -0.2) is 0 Å². The van der Waals surface area contributed by atoms with Crippen LogP contribution in [0.1, 0.15) is 110 Å². The van der Waals surface area contributed by atoms with E-state index in [1.165, 1.54) is 36.3 Å². The monoisotopic (exact) mass is 1040 g/mol. The number of carbonyl (C=O) groups excluding carboxylic acids is 4. The Labute approximate surface area is 444 Å². The summed E-state index contributed by atoms with van der Waals surface area (Å²) >= 11 is 0. The van der Waals surface area contributed by atoms with Gasteiger partial charge in [-0.1, -0.05) is 85.7 Å². The first-order valence-corrected chi connectivity index (χ1v) is 27.8. The van der Waals surface area contributed by atoms with E-state index in [4.69, 9.17) is 23.9 Å². The first-order valence-electron chi connectivity index (χ1n) is 25.5. The molecule has 0 bridgehead atoms. The molecular formula is C58H70N6O8S2. The van der Waals surface area contributed by atoms with Gasteiger partial charge in [-0.3, -0.25) is 29.1 Å². The summed E-state index contributed by atoms with van der Waals surface area (Å²) in [6.45, 7) is 12.6. The second-order valence-electron chi connectivity index (χ2n) is 18.7. The van der Waals surface area contributed by atoms with Crippen molar-refractivity contribution >= 4 is 80.2 Å². The van der Waals surface area contributed by atoms with Crippen molar-refractivity contribution in [3.05, 3.63) is 124 Å². The largest absolute Gasteiger partial charge is 0.493 e. The Balaban J connectivity index is 0.00000395. The molecule has 1 unspecified atom stereocenters. The van der Waals surface area contributed by atoms with Gasteiger partial charge in [-0.15, -0.1) is 0 Å². The van der Waals surface area contributed by atoms with E-state index >= 15 is 0 Å². The Bertz CT molecular complexity index is 2830. The SMILES string of the molecule is CC.CCC(CC)NC(=O)CCCSSC(C)(C)C(=O)Nc1cc(COc2cc3c(cc2OC)C(=O)N2c4ccccc4C[C@H]2C=N3)cc(COc2cc(NCC3Cc4ccccc4N3C)c(C=O)cc2OC)c1. The molecular weight excluding hydrogens is 973 g/mol. The maximum Gasteiger partial charge on any atom is 0.261 e. The average Bonchev–Trinajstić information content (AvgIpc) is 3.91. The predicted octanol–water partition coefficient (Wildman–Crippen LogP) is 11.6. The molecule has 0 saturated carbocycles. The number of nitrogens with one attached hydrogen (secondary N) is 3. The zero-order valence-electron chi connectivity index (χ0n) is 44.0. The number of hydrogen-bond acceptors (Lipinski definition) is 13. The van der Waals surface area contributed by atoms with Crippen LogP contribution in [0.5, 0.6) is 23.0 Å².